The Bertz CT molecular complexity index is 436. The van der Waals surface area contributed by atoms with Crippen LogP contribution in [0.2, 0.25) is 0 Å². The van der Waals surface area contributed by atoms with Gasteiger partial charge in [-0.25, -0.2) is 0 Å². The minimum atomic E-state index is -0.829. The smallest absolute Gasteiger partial charge is 0.318 e. The average Bonchev–Trinajstić information content (AvgIpc) is 2.66. The lowest BCUT2D eigenvalue weighted by atomic mass is 10.1. The summed E-state index contributed by atoms with van der Waals surface area (Å²) < 4.78 is 7.15. The van der Waals surface area contributed by atoms with Crippen molar-refractivity contribution in [1.82, 2.24) is 0 Å². The number of nitrogens with one attached hydrogen (secondary N) is 1. The number of rotatable bonds is 3. The maximum absolute atomic E-state index is 10.8. The molecule has 1 saturated heterocycles. The summed E-state index contributed by atoms with van der Waals surface area (Å²) in [6.45, 7) is -0.270. The maximum Gasteiger partial charge on any atom is 0.318 e. The van der Waals surface area contributed by atoms with Gasteiger partial charge in [0.2, 0.25) is 6.04 Å². The quantitative estimate of drug-likeness (QED) is 0.254. The lowest BCUT2D eigenvalue weighted by Crippen LogP contribution is -2.71. The predicted octanol–water partition coefficient (Wildman–Crippen LogP) is -3.48. The lowest BCUT2D eigenvalue weighted by Gasteiger charge is -2.09. The van der Waals surface area contributed by atoms with E-state index in [0.717, 1.165) is 0 Å². The van der Waals surface area contributed by atoms with E-state index in [-0.39, 0.29) is 12.2 Å². The van der Waals surface area contributed by atoms with Gasteiger partial charge in [-0.2, -0.15) is 4.57 Å². The fraction of sp³-hybridized carbons (Fsp3) is 0.455. The highest BCUT2D eigenvalue weighted by Gasteiger charge is 2.49. The van der Waals surface area contributed by atoms with Crippen LogP contribution in [0.25, 0.3) is 0 Å². The molecule has 6 N–H and O–H groups in total. The van der Waals surface area contributed by atoms with Crippen LogP contribution in [0, 0.1) is 5.41 Å². The molecule has 98 valence electrons. The lowest BCUT2D eigenvalue weighted by molar-refractivity contribution is -0.782. The Kier molecular flexibility index (Phi) is 3.58. The summed E-state index contributed by atoms with van der Waals surface area (Å²) in [6, 6.07) is 2.60. The highest BCUT2D eigenvalue weighted by Crippen LogP contribution is 2.22. The predicted molar refractivity (Wildman–Crippen MR) is 57.1 cm³/mol. The van der Waals surface area contributed by atoms with Crippen molar-refractivity contribution in [2.24, 2.45) is 0 Å². The van der Waals surface area contributed by atoms with Crippen LogP contribution < -0.4 is 15.4 Å². The first-order valence-corrected chi connectivity index (χ1v) is 5.59. The van der Waals surface area contributed by atoms with Gasteiger partial charge in [0.25, 0.3) is 0 Å². The summed E-state index contributed by atoms with van der Waals surface area (Å²) in [5.74, 6) is -0.756. The second-order valence-corrected chi connectivity index (χ2v) is 4.27. The van der Waals surface area contributed by atoms with Crippen molar-refractivity contribution in [3.05, 3.63) is 30.1 Å². The maximum atomic E-state index is 10.8. The summed E-state index contributed by atoms with van der Waals surface area (Å²) in [5.41, 5.74) is 4.10. The summed E-state index contributed by atoms with van der Waals surface area (Å²) in [4.78, 5) is 0. The molecule has 0 amide bonds. The average molecular weight is 254 g/mol. The topological polar surface area (TPSA) is 128 Å². The Balaban J connectivity index is 2.19. The molecule has 7 nitrogen and oxygen atoms in total. The molecule has 0 aromatic carbocycles. The van der Waals surface area contributed by atoms with E-state index in [1.807, 2.05) is 0 Å². The van der Waals surface area contributed by atoms with Gasteiger partial charge in [0, 0.05) is 12.1 Å². The normalized spacial score (nSPS) is 31.5. The molecule has 2 heterocycles. The molecule has 0 bridgehead atoms. The van der Waals surface area contributed by atoms with E-state index in [9.17, 15) is 10.2 Å². The minimum absolute atomic E-state index is 0.270. The molecule has 1 fully saturated rings. The molecular weight excluding hydrogens is 238 g/mol. The van der Waals surface area contributed by atoms with Crippen LogP contribution >= 0.6 is 0 Å². The van der Waals surface area contributed by atoms with Gasteiger partial charge in [-0.1, -0.05) is 0 Å². The first-order valence-electron chi connectivity index (χ1n) is 5.59. The second kappa shape index (κ2) is 4.99. The number of hydrogen-bond donors (Lipinski definition) is 4. The molecule has 2 rings (SSSR count). The Morgan fingerprint density at radius 3 is 2.56 bits per heavy atom. The van der Waals surface area contributed by atoms with E-state index in [0.29, 0.717) is 0 Å². The summed E-state index contributed by atoms with van der Waals surface area (Å²) in [6.07, 6.45) is 1.22. The van der Waals surface area contributed by atoms with E-state index in [1.165, 1.54) is 12.1 Å². The third kappa shape index (κ3) is 2.21. The van der Waals surface area contributed by atoms with Gasteiger partial charge < -0.3 is 31.2 Å². The minimum Gasteiger partial charge on any atom is -0.859 e. The summed E-state index contributed by atoms with van der Waals surface area (Å²) in [5, 5.41) is 36.6. The molecule has 1 aromatic rings. The van der Waals surface area contributed by atoms with Crippen LogP contribution in [-0.4, -0.2) is 41.0 Å². The van der Waals surface area contributed by atoms with Crippen LogP contribution in [0.4, 0.5) is 0 Å². The number of aromatic nitrogens is 1. The third-order valence-corrected chi connectivity index (χ3v) is 3.09. The van der Waals surface area contributed by atoms with Crippen molar-refractivity contribution in [2.45, 2.75) is 24.5 Å². The number of quaternary nitrogens is 1. The number of aliphatic hydroxyl groups excluding tert-OH is 2. The zero-order chi connectivity index (χ0) is 13.3. The molecule has 18 heavy (non-hydrogen) atoms. The molecule has 0 radical (unpaired) electrons. The van der Waals surface area contributed by atoms with Crippen LogP contribution in [0.15, 0.2) is 24.5 Å². The largest absolute Gasteiger partial charge is 0.859 e. The molecule has 4 atom stereocenters. The SMILES string of the molecule is N=C([O-])c1cc[n+]([C@@H]2O[C@H](CO)[C@@H](O)[C@@H]2[NH3+])cc1. The first kappa shape index (κ1) is 12.9. The molecule has 1 aromatic heterocycles. The Hall–Kier alpha value is -1.54. The van der Waals surface area contributed by atoms with Gasteiger partial charge in [-0.3, -0.25) is 0 Å². The Morgan fingerprint density at radius 1 is 1.50 bits per heavy atom. The third-order valence-electron chi connectivity index (χ3n) is 3.09. The second-order valence-electron chi connectivity index (χ2n) is 4.27. The van der Waals surface area contributed by atoms with Crippen molar-refractivity contribution >= 4 is 5.90 Å². The molecule has 0 unspecified atom stereocenters. The van der Waals surface area contributed by atoms with E-state index in [2.05, 4.69) is 5.73 Å². The van der Waals surface area contributed by atoms with Gasteiger partial charge in [0.1, 0.15) is 12.2 Å². The first-order chi connectivity index (χ1) is 8.54. The zero-order valence-corrected chi connectivity index (χ0v) is 9.69. The van der Waals surface area contributed by atoms with Gasteiger partial charge >= 0.3 is 6.23 Å². The Labute approximate surface area is 104 Å². The van der Waals surface area contributed by atoms with Crippen molar-refractivity contribution < 1.29 is 30.4 Å². The van der Waals surface area contributed by atoms with E-state index < -0.39 is 30.4 Å². The number of ether oxygens (including phenoxy) is 1. The number of hydrogen-bond acceptors (Lipinski definition) is 5. The fourth-order valence-corrected chi connectivity index (χ4v) is 2.01. The molecule has 1 aliphatic heterocycles. The molecule has 0 aliphatic carbocycles. The van der Waals surface area contributed by atoms with E-state index in [4.69, 9.17) is 15.3 Å². The van der Waals surface area contributed by atoms with Gasteiger partial charge in [0.05, 0.1) is 6.61 Å². The van der Waals surface area contributed by atoms with Crippen molar-refractivity contribution in [3.8, 4) is 0 Å². The summed E-state index contributed by atoms with van der Waals surface area (Å²) >= 11 is 0. The molecule has 1 aliphatic rings. The molecule has 0 spiro atoms. The van der Waals surface area contributed by atoms with E-state index in [1.54, 1.807) is 17.0 Å². The highest BCUT2D eigenvalue weighted by atomic mass is 16.5. The highest BCUT2D eigenvalue weighted by molar-refractivity contribution is 5.87. The monoisotopic (exact) mass is 254 g/mol. The fourth-order valence-electron chi connectivity index (χ4n) is 2.01. The molecule has 7 heteroatoms. The zero-order valence-electron chi connectivity index (χ0n) is 9.69. The summed E-state index contributed by atoms with van der Waals surface area (Å²) in [7, 11) is 0. The van der Waals surface area contributed by atoms with Gasteiger partial charge in [0.15, 0.2) is 12.4 Å². The number of aliphatic hydroxyl groups is 2. The van der Waals surface area contributed by atoms with Crippen LogP contribution in [0.5, 0.6) is 0 Å². The van der Waals surface area contributed by atoms with Crippen LogP contribution in [0.3, 0.4) is 0 Å². The van der Waals surface area contributed by atoms with Crippen molar-refractivity contribution in [2.75, 3.05) is 6.61 Å². The van der Waals surface area contributed by atoms with Gasteiger partial charge in [-0.05, 0) is 11.5 Å². The molecular formula is C11H16N3O4+. The van der Waals surface area contributed by atoms with E-state index >= 15 is 0 Å². The van der Waals surface area contributed by atoms with Crippen LogP contribution in [0.1, 0.15) is 11.8 Å². The van der Waals surface area contributed by atoms with Crippen molar-refractivity contribution in [3.63, 3.8) is 0 Å². The van der Waals surface area contributed by atoms with Crippen molar-refractivity contribution in [1.29, 1.82) is 5.41 Å². The number of pyridine rings is 1. The number of nitrogens with zero attached hydrogens (tertiary/aromatic N) is 1. The van der Waals surface area contributed by atoms with Crippen LogP contribution in [-0.2, 0) is 4.74 Å². The Morgan fingerprint density at radius 2 is 2.11 bits per heavy atom. The van der Waals surface area contributed by atoms with Gasteiger partial charge in [-0.15, -0.1) is 0 Å². The molecule has 0 saturated carbocycles. The standard InChI is InChI=1S/C11H15N3O4/c12-8-9(16)7(5-15)18-11(8)14-3-1-6(2-4-14)10(13)17/h1-4,7-9,11,15-16H,5,12H2,(H-,13,17)/p+1/t7-,8+,9-,11-/m1/s1.